The Hall–Kier alpha value is -0.910. The molecule has 0 aliphatic carbocycles. The molecule has 2 saturated heterocycles. The van der Waals surface area contributed by atoms with E-state index in [2.05, 4.69) is 22.0 Å². The van der Waals surface area contributed by atoms with Crippen LogP contribution in [0.15, 0.2) is 28.7 Å². The zero-order chi connectivity index (χ0) is 15.4. The lowest BCUT2D eigenvalue weighted by Crippen LogP contribution is -2.55. The molecule has 5 heteroatoms. The first-order chi connectivity index (χ1) is 10.7. The maximum Gasteiger partial charge on any atom is 0.223 e. The topological polar surface area (TPSA) is 38.8 Å². The van der Waals surface area contributed by atoms with Crippen molar-refractivity contribution in [2.24, 2.45) is 5.92 Å². The molecule has 120 valence electrons. The fraction of sp³-hybridized carbons (Fsp3) is 0.588. The quantitative estimate of drug-likeness (QED) is 0.775. The number of aryl methyl sites for hydroxylation is 1. The third-order valence-corrected chi connectivity index (χ3v) is 5.13. The lowest BCUT2D eigenvalue weighted by Gasteiger charge is -2.39. The van der Waals surface area contributed by atoms with Crippen LogP contribution in [-0.4, -0.2) is 49.8 Å². The maximum absolute atomic E-state index is 12.2. The first-order valence-electron chi connectivity index (χ1n) is 7.93. The SMILES string of the molecule is O=C(CCc1ccccc1Br)N1CC(OCC2CCOC2)C1. The minimum Gasteiger partial charge on any atom is -0.381 e. The van der Waals surface area contributed by atoms with Gasteiger partial charge in [-0.2, -0.15) is 0 Å². The molecular weight excluding hydrogens is 346 g/mol. The summed E-state index contributed by atoms with van der Waals surface area (Å²) in [6.07, 6.45) is 2.66. The molecule has 4 nitrogen and oxygen atoms in total. The molecule has 1 aromatic rings. The van der Waals surface area contributed by atoms with Gasteiger partial charge in [-0.05, 0) is 24.5 Å². The van der Waals surface area contributed by atoms with Gasteiger partial charge in [0.15, 0.2) is 0 Å². The van der Waals surface area contributed by atoms with Crippen molar-refractivity contribution < 1.29 is 14.3 Å². The van der Waals surface area contributed by atoms with Gasteiger partial charge in [0.25, 0.3) is 0 Å². The smallest absolute Gasteiger partial charge is 0.223 e. The van der Waals surface area contributed by atoms with Crippen LogP contribution in [0.4, 0.5) is 0 Å². The Balaban J connectivity index is 1.34. The van der Waals surface area contributed by atoms with E-state index in [4.69, 9.17) is 9.47 Å². The minimum atomic E-state index is 0.216. The highest BCUT2D eigenvalue weighted by Crippen LogP contribution is 2.20. The van der Waals surface area contributed by atoms with Crippen molar-refractivity contribution in [3.8, 4) is 0 Å². The van der Waals surface area contributed by atoms with Crippen LogP contribution in [0.1, 0.15) is 18.4 Å². The van der Waals surface area contributed by atoms with Gasteiger partial charge >= 0.3 is 0 Å². The zero-order valence-electron chi connectivity index (χ0n) is 12.7. The number of rotatable bonds is 6. The van der Waals surface area contributed by atoms with Crippen LogP contribution in [0.25, 0.3) is 0 Å². The number of likely N-dealkylation sites (tertiary alicyclic amines) is 1. The van der Waals surface area contributed by atoms with Gasteiger partial charge in [0.1, 0.15) is 0 Å². The Morgan fingerprint density at radius 1 is 1.36 bits per heavy atom. The summed E-state index contributed by atoms with van der Waals surface area (Å²) in [6, 6.07) is 8.07. The summed E-state index contributed by atoms with van der Waals surface area (Å²) < 4.78 is 12.3. The molecule has 2 aliphatic heterocycles. The van der Waals surface area contributed by atoms with E-state index < -0.39 is 0 Å². The number of ether oxygens (including phenoxy) is 2. The van der Waals surface area contributed by atoms with Crippen LogP contribution in [0.2, 0.25) is 0 Å². The molecule has 1 unspecified atom stereocenters. The molecule has 0 spiro atoms. The van der Waals surface area contributed by atoms with E-state index in [-0.39, 0.29) is 12.0 Å². The number of halogens is 1. The molecule has 2 aliphatic rings. The Bertz CT molecular complexity index is 510. The van der Waals surface area contributed by atoms with Crippen molar-refractivity contribution >= 4 is 21.8 Å². The van der Waals surface area contributed by atoms with Crippen LogP contribution in [0.3, 0.4) is 0 Å². The first kappa shape index (κ1) is 16.0. The van der Waals surface area contributed by atoms with E-state index >= 15 is 0 Å². The van der Waals surface area contributed by atoms with Crippen LogP contribution < -0.4 is 0 Å². The van der Waals surface area contributed by atoms with Gasteiger partial charge in [-0.25, -0.2) is 0 Å². The van der Waals surface area contributed by atoms with Crippen LogP contribution in [0.5, 0.6) is 0 Å². The number of benzene rings is 1. The summed E-state index contributed by atoms with van der Waals surface area (Å²) >= 11 is 3.52. The Morgan fingerprint density at radius 3 is 2.91 bits per heavy atom. The Labute approximate surface area is 139 Å². The highest BCUT2D eigenvalue weighted by Gasteiger charge is 2.31. The molecule has 1 aromatic carbocycles. The minimum absolute atomic E-state index is 0.216. The predicted octanol–water partition coefficient (Wildman–Crippen LogP) is 2.65. The average Bonchev–Trinajstić information content (AvgIpc) is 2.98. The molecule has 1 atom stereocenters. The van der Waals surface area contributed by atoms with Crippen molar-refractivity contribution in [3.05, 3.63) is 34.3 Å². The Kier molecular flexibility index (Phi) is 5.50. The van der Waals surface area contributed by atoms with E-state index in [0.29, 0.717) is 12.3 Å². The van der Waals surface area contributed by atoms with E-state index in [1.165, 1.54) is 5.56 Å². The number of hydrogen-bond acceptors (Lipinski definition) is 3. The summed E-state index contributed by atoms with van der Waals surface area (Å²) in [5.41, 5.74) is 1.19. The van der Waals surface area contributed by atoms with Gasteiger partial charge in [-0.15, -0.1) is 0 Å². The van der Waals surface area contributed by atoms with E-state index in [9.17, 15) is 4.79 Å². The summed E-state index contributed by atoms with van der Waals surface area (Å²) in [4.78, 5) is 14.0. The summed E-state index contributed by atoms with van der Waals surface area (Å²) in [5, 5.41) is 0. The molecule has 0 aromatic heterocycles. The fourth-order valence-corrected chi connectivity index (χ4v) is 3.32. The van der Waals surface area contributed by atoms with Crippen LogP contribution in [0, 0.1) is 5.92 Å². The van der Waals surface area contributed by atoms with Crippen molar-refractivity contribution in [3.63, 3.8) is 0 Å². The highest BCUT2D eigenvalue weighted by atomic mass is 79.9. The zero-order valence-corrected chi connectivity index (χ0v) is 14.3. The number of hydrogen-bond donors (Lipinski definition) is 0. The number of carbonyl (C=O) groups excluding carboxylic acids is 1. The number of carbonyl (C=O) groups is 1. The van der Waals surface area contributed by atoms with Gasteiger partial charge in [0.2, 0.25) is 5.91 Å². The average molecular weight is 368 g/mol. The lowest BCUT2D eigenvalue weighted by atomic mass is 10.1. The molecule has 22 heavy (non-hydrogen) atoms. The molecular formula is C17H22BrNO3. The molecule has 0 radical (unpaired) electrons. The second kappa shape index (κ2) is 7.57. The molecule has 0 bridgehead atoms. The summed E-state index contributed by atoms with van der Waals surface area (Å²) in [6.45, 7) is 3.92. The van der Waals surface area contributed by atoms with Gasteiger partial charge in [0, 0.05) is 36.5 Å². The summed E-state index contributed by atoms with van der Waals surface area (Å²) in [5.74, 6) is 0.764. The van der Waals surface area contributed by atoms with Crippen molar-refractivity contribution in [2.45, 2.75) is 25.4 Å². The molecule has 3 rings (SSSR count). The van der Waals surface area contributed by atoms with Crippen molar-refractivity contribution in [1.29, 1.82) is 0 Å². The second-order valence-electron chi connectivity index (χ2n) is 6.08. The van der Waals surface area contributed by atoms with Gasteiger partial charge in [-0.1, -0.05) is 34.1 Å². The van der Waals surface area contributed by atoms with Gasteiger partial charge in [-0.3, -0.25) is 4.79 Å². The summed E-state index contributed by atoms with van der Waals surface area (Å²) in [7, 11) is 0. The van der Waals surface area contributed by atoms with Crippen molar-refractivity contribution in [1.82, 2.24) is 4.90 Å². The highest BCUT2D eigenvalue weighted by molar-refractivity contribution is 9.10. The first-order valence-corrected chi connectivity index (χ1v) is 8.72. The van der Waals surface area contributed by atoms with Crippen LogP contribution in [-0.2, 0) is 20.7 Å². The van der Waals surface area contributed by atoms with E-state index in [1.54, 1.807) is 0 Å². The van der Waals surface area contributed by atoms with Crippen molar-refractivity contribution in [2.75, 3.05) is 32.9 Å². The van der Waals surface area contributed by atoms with Crippen LogP contribution >= 0.6 is 15.9 Å². The maximum atomic E-state index is 12.2. The predicted molar refractivity (Wildman–Crippen MR) is 87.7 cm³/mol. The molecule has 1 amide bonds. The molecule has 0 saturated carbocycles. The second-order valence-corrected chi connectivity index (χ2v) is 6.93. The van der Waals surface area contributed by atoms with Gasteiger partial charge in [0.05, 0.1) is 19.3 Å². The number of nitrogens with zero attached hydrogens (tertiary/aromatic N) is 1. The standard InChI is InChI=1S/C17H22BrNO3/c18-16-4-2-1-3-14(16)5-6-17(20)19-9-15(10-19)22-12-13-7-8-21-11-13/h1-4,13,15H,5-12H2. The molecule has 0 N–H and O–H groups in total. The fourth-order valence-electron chi connectivity index (χ4n) is 2.83. The van der Waals surface area contributed by atoms with E-state index in [0.717, 1.165) is 50.2 Å². The third-order valence-electron chi connectivity index (χ3n) is 4.36. The molecule has 2 heterocycles. The Morgan fingerprint density at radius 2 is 2.18 bits per heavy atom. The lowest BCUT2D eigenvalue weighted by molar-refractivity contribution is -0.145. The van der Waals surface area contributed by atoms with E-state index in [1.807, 2.05) is 23.1 Å². The number of amides is 1. The molecule has 2 fully saturated rings. The van der Waals surface area contributed by atoms with Gasteiger partial charge < -0.3 is 14.4 Å². The monoisotopic (exact) mass is 367 g/mol. The largest absolute Gasteiger partial charge is 0.381 e. The normalized spacial score (nSPS) is 21.9. The third kappa shape index (κ3) is 4.09.